The van der Waals surface area contributed by atoms with E-state index in [1.807, 2.05) is 0 Å². The topological polar surface area (TPSA) is 0 Å². The Morgan fingerprint density at radius 2 is 0.656 bits per heavy atom. The molecule has 0 amide bonds. The average Bonchev–Trinajstić information content (AvgIpc) is 4.09. The smallest absolute Gasteiger partial charge is 0.147 e. The number of hydrogen-bond acceptors (Lipinski definition) is 0. The first kappa shape index (κ1) is 47.0. The number of benzene rings is 6. The molecule has 0 heterocycles. The van der Waals surface area contributed by atoms with Crippen molar-refractivity contribution >= 4 is 43.8 Å². The van der Waals surface area contributed by atoms with Gasteiger partial charge in [0.05, 0.1) is 0 Å². The van der Waals surface area contributed by atoms with Gasteiger partial charge in [-0.1, -0.05) is 0 Å². The maximum atomic E-state index is 2.92. The van der Waals surface area contributed by atoms with Gasteiger partial charge in [-0.05, 0) is 0 Å². The predicted molar refractivity (Wildman–Crippen MR) is 283 cm³/mol. The van der Waals surface area contributed by atoms with Crippen molar-refractivity contribution < 1.29 is 17.4 Å². The molecule has 0 aromatic heterocycles. The molecular formula is C60H68Cl2SiZr. The number of aryl methyl sites for hydroxylation is 8. The van der Waals surface area contributed by atoms with Gasteiger partial charge in [0.25, 0.3) is 0 Å². The van der Waals surface area contributed by atoms with Gasteiger partial charge in [0, 0.05) is 0 Å². The third-order valence-corrected chi connectivity index (χ3v) is 32.4. The van der Waals surface area contributed by atoms with E-state index in [1.165, 1.54) is 139 Å². The van der Waals surface area contributed by atoms with Crippen LogP contribution in [0, 0.1) is 67.2 Å². The molecule has 0 nitrogen and oxygen atoms in total. The van der Waals surface area contributed by atoms with Crippen LogP contribution in [0.25, 0.3) is 56.7 Å². The Bertz CT molecular complexity index is 2720. The van der Waals surface area contributed by atoms with Crippen molar-refractivity contribution in [1.29, 1.82) is 0 Å². The van der Waals surface area contributed by atoms with Crippen molar-refractivity contribution in [3.8, 4) is 44.5 Å². The van der Waals surface area contributed by atoms with E-state index in [1.54, 1.807) is 22.3 Å². The summed E-state index contributed by atoms with van der Waals surface area (Å²) >= 11 is -4.21. The second kappa shape index (κ2) is 17.3. The molecular weight excluding hydrogens is 911 g/mol. The Labute approximate surface area is 399 Å². The molecule has 10 rings (SSSR count). The van der Waals surface area contributed by atoms with Gasteiger partial charge < -0.3 is 0 Å². The van der Waals surface area contributed by atoms with Crippen molar-refractivity contribution in [3.63, 3.8) is 0 Å². The fourth-order valence-corrected chi connectivity index (χ4v) is 32.1. The van der Waals surface area contributed by atoms with Gasteiger partial charge in [-0.25, -0.2) is 0 Å². The second-order valence-corrected chi connectivity index (χ2v) is 52.5. The number of hydrogen-bond donors (Lipinski definition) is 0. The van der Waals surface area contributed by atoms with Crippen LogP contribution >= 0.6 is 24.8 Å². The fraction of sp³-hybridized carbons (Fsp3) is 0.333. The number of halogens is 2. The molecule has 0 radical (unpaired) electrons. The largest absolute Gasteiger partial charge is 0.147 e. The van der Waals surface area contributed by atoms with E-state index in [-0.39, 0.29) is 24.8 Å². The summed E-state index contributed by atoms with van der Waals surface area (Å²) < 4.78 is 6.71. The van der Waals surface area contributed by atoms with Crippen LogP contribution in [-0.4, -0.2) is 6.88 Å². The molecule has 2 unspecified atom stereocenters. The predicted octanol–water partition coefficient (Wildman–Crippen LogP) is 17.2. The van der Waals surface area contributed by atoms with Crippen LogP contribution in [0.1, 0.15) is 113 Å². The van der Waals surface area contributed by atoms with E-state index in [0.29, 0.717) is 7.25 Å². The molecule has 0 bridgehead atoms. The van der Waals surface area contributed by atoms with E-state index < -0.39 is 17.4 Å². The summed E-state index contributed by atoms with van der Waals surface area (Å²) in [6, 6.07) is 39.0. The zero-order valence-corrected chi connectivity index (χ0v) is 45.5. The van der Waals surface area contributed by atoms with Gasteiger partial charge in [-0.15, -0.1) is 24.8 Å². The Kier molecular flexibility index (Phi) is 12.7. The van der Waals surface area contributed by atoms with Crippen LogP contribution in [0.3, 0.4) is 0 Å². The van der Waals surface area contributed by atoms with Gasteiger partial charge >= 0.3 is 378 Å². The molecule has 4 heteroatoms. The molecule has 6 aromatic carbocycles. The maximum Gasteiger partial charge on any atom is -0.147 e. The van der Waals surface area contributed by atoms with E-state index >= 15 is 0 Å². The molecule has 0 spiro atoms. The van der Waals surface area contributed by atoms with Crippen LogP contribution in [0.2, 0.25) is 9.26 Å². The Hall–Kier alpha value is -3.52. The number of fused-ring (bicyclic) bond motifs is 2. The summed E-state index contributed by atoms with van der Waals surface area (Å²) in [7, 11) is 0. The van der Waals surface area contributed by atoms with E-state index in [0.717, 1.165) is 11.8 Å². The second-order valence-electron chi connectivity index (χ2n) is 22.0. The van der Waals surface area contributed by atoms with Crippen molar-refractivity contribution in [1.82, 2.24) is 0 Å². The molecule has 4 aliphatic rings. The summed E-state index contributed by atoms with van der Waals surface area (Å²) in [5.74, 6) is 1.61. The Morgan fingerprint density at radius 3 is 0.922 bits per heavy atom. The third-order valence-electron chi connectivity index (χ3n) is 15.0. The zero-order valence-electron chi connectivity index (χ0n) is 40.0. The monoisotopic (exact) mass is 976 g/mol. The average molecular weight is 979 g/mol. The van der Waals surface area contributed by atoms with Gasteiger partial charge in [-0.2, -0.15) is 0 Å². The molecule has 6 aromatic rings. The summed E-state index contributed by atoms with van der Waals surface area (Å²) in [5.41, 5.74) is 31.8. The van der Waals surface area contributed by atoms with Gasteiger partial charge in [0.2, 0.25) is 0 Å². The van der Waals surface area contributed by atoms with Crippen LogP contribution in [-0.2, 0) is 17.4 Å². The Balaban J connectivity index is 0.00000280. The van der Waals surface area contributed by atoms with Crippen LogP contribution in [0.15, 0.2) is 108 Å². The van der Waals surface area contributed by atoms with Crippen molar-refractivity contribution in [2.75, 3.05) is 0 Å². The van der Waals surface area contributed by atoms with E-state index in [9.17, 15) is 0 Å². The maximum absolute atomic E-state index is 4.21. The molecule has 0 aliphatic heterocycles. The van der Waals surface area contributed by atoms with Crippen LogP contribution < -0.4 is 0 Å². The molecule has 2 saturated carbocycles. The first-order valence-electron chi connectivity index (χ1n) is 23.6. The Morgan fingerprint density at radius 1 is 0.406 bits per heavy atom. The third kappa shape index (κ3) is 8.76. The minimum absolute atomic E-state index is 0. The SMILES string of the molecule is Cc1cc(C)cc(-c2ccc(-c3cc(C)cc(C)c3)c3c2C=C(CC2CC2)[CH]3[Zr]([CH3])([CH3])(=[SiH2])[CH]2C(CC3CC3)=Cc3c(-c4cc(C)cc(C)c4)ccc(-c4cc(C)cc(C)c4)c32)c1.Cl.Cl. The number of allylic oxidation sites excluding steroid dienone is 2. The summed E-state index contributed by atoms with van der Waals surface area (Å²) in [4.78, 5) is 0. The number of rotatable bonds is 10. The van der Waals surface area contributed by atoms with Crippen LogP contribution in [0.4, 0.5) is 0 Å². The zero-order chi connectivity index (χ0) is 43.4. The molecule has 0 N–H and O–H groups in total. The van der Waals surface area contributed by atoms with Crippen LogP contribution in [0.5, 0.6) is 0 Å². The fourth-order valence-electron chi connectivity index (χ4n) is 12.6. The normalized spacial score (nSPS) is 17.9. The molecule has 2 fully saturated rings. The first-order valence-corrected chi connectivity index (χ1v) is 37.3. The van der Waals surface area contributed by atoms with Crippen molar-refractivity contribution in [2.45, 2.75) is 110 Å². The molecule has 2 atom stereocenters. The summed E-state index contributed by atoms with van der Waals surface area (Å²) in [6.07, 6.45) is 13.5. The molecule has 64 heavy (non-hydrogen) atoms. The summed E-state index contributed by atoms with van der Waals surface area (Å²) in [6.45, 7) is 20.8. The van der Waals surface area contributed by atoms with E-state index in [2.05, 4.69) is 181 Å². The van der Waals surface area contributed by atoms with Gasteiger partial charge in [0.1, 0.15) is 0 Å². The van der Waals surface area contributed by atoms with Crippen molar-refractivity contribution in [2.24, 2.45) is 11.8 Å². The van der Waals surface area contributed by atoms with Crippen molar-refractivity contribution in [3.05, 3.63) is 175 Å². The van der Waals surface area contributed by atoms with E-state index in [4.69, 9.17) is 0 Å². The first-order chi connectivity index (χ1) is 29.5. The minimum atomic E-state index is -4.21. The minimum Gasteiger partial charge on any atom is -0.147 e. The standard InChI is InChI=1S/2C29H29.2CH3.2ClH.H2Si.Zr/c2*1-18-9-19(2)12-24(11-18)26-7-8-27(25-13-20(3)10-21(4)14-25)29-17-23(16-28(26)29)15-22-5-6-22;;;;;;/h2*7-14,16-17,22H,5-6,15H2,1-4H3;2*1H3;2*1H;1H2;. The van der Waals surface area contributed by atoms with Gasteiger partial charge in [0.15, 0.2) is 0 Å². The quantitative estimate of drug-likeness (QED) is 0.120. The molecule has 330 valence electrons. The molecule has 4 aliphatic carbocycles. The van der Waals surface area contributed by atoms with Gasteiger partial charge in [-0.3, -0.25) is 0 Å². The molecule has 0 saturated heterocycles. The summed E-state index contributed by atoms with van der Waals surface area (Å²) in [5, 5.41) is 0.